The lowest BCUT2D eigenvalue weighted by Gasteiger charge is -2.20. The summed E-state index contributed by atoms with van der Waals surface area (Å²) in [5, 5.41) is 3.66. The second-order valence-electron chi connectivity index (χ2n) is 5.36. The first-order chi connectivity index (χ1) is 10.5. The maximum Gasteiger partial charge on any atom is 0.280 e. The summed E-state index contributed by atoms with van der Waals surface area (Å²) in [5.41, 5.74) is 0.696. The molecule has 1 aliphatic heterocycles. The molecule has 1 saturated heterocycles. The Morgan fingerprint density at radius 1 is 1.36 bits per heavy atom. The van der Waals surface area contributed by atoms with Crippen LogP contribution in [0.15, 0.2) is 18.2 Å². The van der Waals surface area contributed by atoms with Crippen LogP contribution in [-0.2, 0) is 4.79 Å². The van der Waals surface area contributed by atoms with E-state index < -0.39 is 6.04 Å². The minimum atomic E-state index is -0.541. The van der Waals surface area contributed by atoms with Crippen molar-refractivity contribution in [2.75, 3.05) is 13.1 Å². The summed E-state index contributed by atoms with van der Waals surface area (Å²) in [4.78, 5) is 30.5. The maximum absolute atomic E-state index is 12.3. The summed E-state index contributed by atoms with van der Waals surface area (Å²) in [7, 11) is 0. The molecule has 2 aromatic rings. The Labute approximate surface area is 137 Å². The zero-order valence-electron chi connectivity index (χ0n) is 12.1. The highest BCUT2D eigenvalue weighted by Crippen LogP contribution is 2.25. The lowest BCUT2D eigenvalue weighted by Crippen LogP contribution is -2.45. The lowest BCUT2D eigenvalue weighted by molar-refractivity contribution is -0.131. The number of likely N-dealkylation sites (tertiary alicyclic amines) is 1. The van der Waals surface area contributed by atoms with Gasteiger partial charge in [0.05, 0.1) is 10.2 Å². The predicted molar refractivity (Wildman–Crippen MR) is 87.4 cm³/mol. The summed E-state index contributed by atoms with van der Waals surface area (Å²) in [6.45, 7) is 3.26. The van der Waals surface area contributed by atoms with Crippen molar-refractivity contribution in [3.8, 4) is 0 Å². The van der Waals surface area contributed by atoms with E-state index in [9.17, 15) is 9.59 Å². The van der Waals surface area contributed by atoms with Crippen molar-refractivity contribution in [1.82, 2.24) is 15.2 Å². The quantitative estimate of drug-likeness (QED) is 0.936. The van der Waals surface area contributed by atoms with Crippen molar-refractivity contribution < 1.29 is 9.59 Å². The molecule has 0 saturated carbocycles. The number of nitrogens with zero attached hydrogens (tertiary/aromatic N) is 2. The van der Waals surface area contributed by atoms with Crippen LogP contribution in [0.25, 0.3) is 10.2 Å². The summed E-state index contributed by atoms with van der Waals surface area (Å²) < 4.78 is 0.896. The van der Waals surface area contributed by atoms with Gasteiger partial charge in [0.1, 0.15) is 6.04 Å². The number of hydrogen-bond donors (Lipinski definition) is 1. The Morgan fingerprint density at radius 2 is 2.09 bits per heavy atom. The fraction of sp³-hybridized carbons (Fsp3) is 0.400. The van der Waals surface area contributed by atoms with E-state index in [4.69, 9.17) is 11.6 Å². The smallest absolute Gasteiger partial charge is 0.280 e. The molecule has 1 aromatic heterocycles. The van der Waals surface area contributed by atoms with Crippen LogP contribution in [0, 0.1) is 0 Å². The van der Waals surface area contributed by atoms with Crippen LogP contribution < -0.4 is 5.32 Å². The summed E-state index contributed by atoms with van der Waals surface area (Å²) in [6, 6.07) is 4.79. The molecule has 5 nitrogen and oxygen atoms in total. The minimum Gasteiger partial charge on any atom is -0.341 e. The van der Waals surface area contributed by atoms with E-state index in [-0.39, 0.29) is 11.8 Å². The van der Waals surface area contributed by atoms with Gasteiger partial charge in [-0.2, -0.15) is 0 Å². The monoisotopic (exact) mass is 337 g/mol. The molecule has 22 heavy (non-hydrogen) atoms. The van der Waals surface area contributed by atoms with Crippen molar-refractivity contribution >= 4 is 45.0 Å². The van der Waals surface area contributed by atoms with Crippen LogP contribution in [0.4, 0.5) is 0 Å². The number of rotatable bonds is 3. The van der Waals surface area contributed by atoms with Crippen LogP contribution in [0.1, 0.15) is 29.6 Å². The molecule has 2 amide bonds. The largest absolute Gasteiger partial charge is 0.341 e. The SMILES string of the molecule is C[C@H](NC(=O)c1nc2cc(Cl)ccc2s1)C(=O)N1CCCC1. The molecule has 0 radical (unpaired) electrons. The van der Waals surface area contributed by atoms with Gasteiger partial charge < -0.3 is 10.2 Å². The third-order valence-corrected chi connectivity index (χ3v) is 4.95. The number of nitrogens with one attached hydrogen (secondary N) is 1. The first-order valence-corrected chi connectivity index (χ1v) is 8.40. The highest BCUT2D eigenvalue weighted by molar-refractivity contribution is 7.20. The molecule has 0 bridgehead atoms. The highest BCUT2D eigenvalue weighted by atomic mass is 35.5. The maximum atomic E-state index is 12.3. The van der Waals surface area contributed by atoms with Gasteiger partial charge >= 0.3 is 0 Å². The van der Waals surface area contributed by atoms with E-state index in [0.717, 1.165) is 30.6 Å². The first-order valence-electron chi connectivity index (χ1n) is 7.20. The van der Waals surface area contributed by atoms with E-state index in [1.165, 1.54) is 11.3 Å². The fourth-order valence-electron chi connectivity index (χ4n) is 2.53. The topological polar surface area (TPSA) is 62.3 Å². The molecular formula is C15H16ClN3O2S. The molecule has 1 atom stereocenters. The van der Waals surface area contributed by atoms with Gasteiger partial charge in [-0.1, -0.05) is 11.6 Å². The van der Waals surface area contributed by atoms with Crippen molar-refractivity contribution in [2.45, 2.75) is 25.8 Å². The van der Waals surface area contributed by atoms with Crippen molar-refractivity contribution in [2.24, 2.45) is 0 Å². The average molecular weight is 338 g/mol. The predicted octanol–water partition coefficient (Wildman–Crippen LogP) is 2.69. The highest BCUT2D eigenvalue weighted by Gasteiger charge is 2.25. The molecule has 1 N–H and O–H groups in total. The molecule has 1 aromatic carbocycles. The van der Waals surface area contributed by atoms with Gasteiger partial charge in [0.2, 0.25) is 5.91 Å². The number of aromatic nitrogens is 1. The number of carbonyl (C=O) groups excluding carboxylic acids is 2. The third kappa shape index (κ3) is 3.08. The van der Waals surface area contributed by atoms with E-state index in [1.54, 1.807) is 24.0 Å². The molecule has 0 aliphatic carbocycles. The molecule has 2 heterocycles. The Bertz CT molecular complexity index is 725. The van der Waals surface area contributed by atoms with Crippen molar-refractivity contribution in [3.05, 3.63) is 28.2 Å². The average Bonchev–Trinajstić information content (AvgIpc) is 3.14. The van der Waals surface area contributed by atoms with Gasteiger partial charge in [-0.25, -0.2) is 4.98 Å². The molecule has 3 rings (SSSR count). The standard InChI is InChI=1S/C15H16ClN3O2S/c1-9(15(21)19-6-2-3-7-19)17-13(20)14-18-11-8-10(16)4-5-12(11)22-14/h4-5,8-9H,2-3,6-7H2,1H3,(H,17,20)/t9-/m0/s1. The van der Waals surface area contributed by atoms with Gasteiger partial charge in [-0.15, -0.1) is 11.3 Å². The second-order valence-corrected chi connectivity index (χ2v) is 6.83. The normalized spacial score (nSPS) is 16.0. The van der Waals surface area contributed by atoms with Crippen molar-refractivity contribution in [1.29, 1.82) is 0 Å². The molecule has 1 fully saturated rings. The number of halogens is 1. The molecular weight excluding hydrogens is 322 g/mol. The van der Waals surface area contributed by atoms with E-state index in [1.807, 2.05) is 6.07 Å². The van der Waals surface area contributed by atoms with Gasteiger partial charge in [0.25, 0.3) is 5.91 Å². The Balaban J connectivity index is 1.70. The number of thiazole rings is 1. The summed E-state index contributed by atoms with van der Waals surface area (Å²) >= 11 is 7.21. The van der Waals surface area contributed by atoms with Crippen LogP contribution in [0.3, 0.4) is 0 Å². The zero-order valence-corrected chi connectivity index (χ0v) is 13.7. The first kappa shape index (κ1) is 15.2. The molecule has 7 heteroatoms. The van der Waals surface area contributed by atoms with Crippen LogP contribution in [0.5, 0.6) is 0 Å². The van der Waals surface area contributed by atoms with Crippen LogP contribution in [-0.4, -0.2) is 40.8 Å². The van der Waals surface area contributed by atoms with E-state index in [2.05, 4.69) is 10.3 Å². The fourth-order valence-corrected chi connectivity index (χ4v) is 3.54. The number of carbonyl (C=O) groups is 2. The molecule has 1 aliphatic rings. The van der Waals surface area contributed by atoms with Gasteiger partial charge in [-0.3, -0.25) is 9.59 Å². The molecule has 0 unspecified atom stereocenters. The van der Waals surface area contributed by atoms with Crippen molar-refractivity contribution in [3.63, 3.8) is 0 Å². The second kappa shape index (κ2) is 6.22. The number of benzene rings is 1. The van der Waals surface area contributed by atoms with Crippen LogP contribution >= 0.6 is 22.9 Å². The van der Waals surface area contributed by atoms with E-state index >= 15 is 0 Å². The van der Waals surface area contributed by atoms with Crippen LogP contribution in [0.2, 0.25) is 5.02 Å². The number of amides is 2. The minimum absolute atomic E-state index is 0.0324. The summed E-state index contributed by atoms with van der Waals surface area (Å²) in [6.07, 6.45) is 2.07. The van der Waals surface area contributed by atoms with Gasteiger partial charge in [0.15, 0.2) is 5.01 Å². The Kier molecular flexibility index (Phi) is 4.31. The third-order valence-electron chi connectivity index (χ3n) is 3.68. The summed E-state index contributed by atoms with van der Waals surface area (Å²) in [5.74, 6) is -0.354. The zero-order chi connectivity index (χ0) is 15.7. The number of fused-ring (bicyclic) bond motifs is 1. The molecule has 116 valence electrons. The Morgan fingerprint density at radius 3 is 2.82 bits per heavy atom. The lowest BCUT2D eigenvalue weighted by atomic mass is 10.3. The molecule has 0 spiro atoms. The van der Waals surface area contributed by atoms with Gasteiger partial charge in [0, 0.05) is 18.1 Å². The van der Waals surface area contributed by atoms with E-state index in [0.29, 0.717) is 15.5 Å². The van der Waals surface area contributed by atoms with Gasteiger partial charge in [-0.05, 0) is 38.0 Å². The Hall–Kier alpha value is -1.66. The number of hydrogen-bond acceptors (Lipinski definition) is 4.